The van der Waals surface area contributed by atoms with Crippen LogP contribution in [0.3, 0.4) is 0 Å². The number of benzene rings is 1. The third-order valence-corrected chi connectivity index (χ3v) is 5.83. The number of carbonyl (C=O) groups excluding carboxylic acids is 1. The summed E-state index contributed by atoms with van der Waals surface area (Å²) in [6.45, 7) is 7.40. The van der Waals surface area contributed by atoms with E-state index in [9.17, 15) is 4.79 Å². The minimum Gasteiger partial charge on any atom is -0.341 e. The van der Waals surface area contributed by atoms with Gasteiger partial charge in [-0.05, 0) is 44.2 Å². The van der Waals surface area contributed by atoms with Crippen molar-refractivity contribution in [2.24, 2.45) is 5.41 Å². The van der Waals surface area contributed by atoms with Crippen molar-refractivity contribution in [2.75, 3.05) is 24.5 Å². The van der Waals surface area contributed by atoms with E-state index in [0.717, 1.165) is 57.0 Å². The maximum absolute atomic E-state index is 13.1. The summed E-state index contributed by atoms with van der Waals surface area (Å²) in [5.41, 5.74) is 3.36. The lowest BCUT2D eigenvalue weighted by molar-refractivity contribution is -0.137. The topological polar surface area (TPSA) is 49.3 Å². The van der Waals surface area contributed by atoms with Gasteiger partial charge in [0.25, 0.3) is 0 Å². The number of nitrogens with zero attached hydrogens (tertiary/aromatic N) is 4. The van der Waals surface area contributed by atoms with Crippen LogP contribution in [0.4, 0.5) is 5.95 Å². The molecule has 136 valence electrons. The van der Waals surface area contributed by atoms with E-state index in [0.29, 0.717) is 5.91 Å². The molecule has 0 N–H and O–H groups in total. The first-order valence-electron chi connectivity index (χ1n) is 9.44. The normalized spacial score (nSPS) is 19.4. The van der Waals surface area contributed by atoms with Crippen LogP contribution < -0.4 is 4.90 Å². The van der Waals surface area contributed by atoms with E-state index in [-0.39, 0.29) is 5.41 Å². The Morgan fingerprint density at radius 2 is 1.69 bits per heavy atom. The number of amides is 1. The molecule has 26 heavy (non-hydrogen) atoms. The van der Waals surface area contributed by atoms with E-state index in [1.165, 1.54) is 11.1 Å². The predicted molar refractivity (Wildman–Crippen MR) is 102 cm³/mol. The Bertz CT molecular complexity index is 794. The molecule has 0 aliphatic carbocycles. The van der Waals surface area contributed by atoms with E-state index in [4.69, 9.17) is 0 Å². The lowest BCUT2D eigenvalue weighted by Crippen LogP contribution is -2.45. The third-order valence-electron chi connectivity index (χ3n) is 5.83. The largest absolute Gasteiger partial charge is 0.341 e. The van der Waals surface area contributed by atoms with Crippen molar-refractivity contribution >= 4 is 11.9 Å². The minimum atomic E-state index is -0.176. The highest BCUT2D eigenvalue weighted by Crippen LogP contribution is 2.42. The van der Waals surface area contributed by atoms with Gasteiger partial charge in [-0.1, -0.05) is 29.8 Å². The van der Waals surface area contributed by atoms with Gasteiger partial charge in [-0.15, -0.1) is 0 Å². The minimum absolute atomic E-state index is 0.176. The summed E-state index contributed by atoms with van der Waals surface area (Å²) in [6.07, 6.45) is 6.48. The molecule has 1 amide bonds. The number of aromatic nitrogens is 2. The maximum Gasteiger partial charge on any atom is 0.229 e. The lowest BCUT2D eigenvalue weighted by Gasteiger charge is -2.38. The second-order valence-electron chi connectivity index (χ2n) is 7.79. The molecule has 2 saturated heterocycles. The third kappa shape index (κ3) is 3.18. The summed E-state index contributed by atoms with van der Waals surface area (Å²) in [6, 6.07) is 8.46. The summed E-state index contributed by atoms with van der Waals surface area (Å²) >= 11 is 0. The fraction of sp³-hybridized carbons (Fsp3) is 0.476. The molecule has 0 bridgehead atoms. The standard InChI is InChI=1S/C21H26N4O/c1-16-4-3-5-18(12-16)15-25-11-8-21(19(25)26)6-9-24(10-7-21)20-22-13-17(2)14-23-20/h3-5,12-14H,6-11,15H2,1-2H3. The molecule has 0 radical (unpaired) electrons. The van der Waals surface area contributed by atoms with Crippen LogP contribution in [0.5, 0.6) is 0 Å². The number of aryl methyl sites for hydroxylation is 2. The Morgan fingerprint density at radius 1 is 1.00 bits per heavy atom. The quantitative estimate of drug-likeness (QED) is 0.853. The molecular formula is C21H26N4O. The van der Waals surface area contributed by atoms with Gasteiger partial charge in [0.2, 0.25) is 11.9 Å². The van der Waals surface area contributed by atoms with E-state index >= 15 is 0 Å². The van der Waals surface area contributed by atoms with E-state index in [2.05, 4.69) is 46.1 Å². The maximum atomic E-state index is 13.1. The first-order chi connectivity index (χ1) is 12.6. The summed E-state index contributed by atoms with van der Waals surface area (Å²) in [5.74, 6) is 1.12. The Hall–Kier alpha value is -2.43. The molecule has 0 atom stereocenters. The van der Waals surface area contributed by atoms with E-state index < -0.39 is 0 Å². The molecule has 2 aliphatic heterocycles. The lowest BCUT2D eigenvalue weighted by atomic mass is 9.77. The van der Waals surface area contributed by atoms with E-state index in [1.807, 2.05) is 24.2 Å². The van der Waals surface area contributed by atoms with Crippen LogP contribution in [-0.2, 0) is 11.3 Å². The molecule has 0 unspecified atom stereocenters. The fourth-order valence-corrected chi connectivity index (χ4v) is 4.22. The Balaban J connectivity index is 1.41. The zero-order chi connectivity index (χ0) is 18.1. The Kier molecular flexibility index (Phi) is 4.39. The number of rotatable bonds is 3. The van der Waals surface area contributed by atoms with E-state index in [1.54, 1.807) is 0 Å². The number of hydrogen-bond acceptors (Lipinski definition) is 4. The second-order valence-corrected chi connectivity index (χ2v) is 7.79. The number of carbonyl (C=O) groups is 1. The van der Waals surface area contributed by atoms with Gasteiger partial charge in [-0.3, -0.25) is 4.79 Å². The average Bonchev–Trinajstić information content (AvgIpc) is 2.93. The van der Waals surface area contributed by atoms with Gasteiger partial charge in [0.05, 0.1) is 5.41 Å². The van der Waals surface area contributed by atoms with Crippen molar-refractivity contribution in [3.8, 4) is 0 Å². The van der Waals surface area contributed by atoms with Crippen molar-refractivity contribution in [3.63, 3.8) is 0 Å². The highest BCUT2D eigenvalue weighted by atomic mass is 16.2. The molecule has 5 nitrogen and oxygen atoms in total. The molecule has 4 rings (SSSR count). The molecule has 2 fully saturated rings. The van der Waals surface area contributed by atoms with Gasteiger partial charge in [0.1, 0.15) is 0 Å². The van der Waals surface area contributed by atoms with Crippen LogP contribution in [0.15, 0.2) is 36.7 Å². The highest BCUT2D eigenvalue weighted by Gasteiger charge is 2.48. The van der Waals surface area contributed by atoms with Crippen molar-refractivity contribution in [2.45, 2.75) is 39.7 Å². The monoisotopic (exact) mass is 350 g/mol. The average molecular weight is 350 g/mol. The van der Waals surface area contributed by atoms with Crippen molar-refractivity contribution in [1.29, 1.82) is 0 Å². The van der Waals surface area contributed by atoms with Gasteiger partial charge in [-0.2, -0.15) is 0 Å². The van der Waals surface area contributed by atoms with Gasteiger partial charge in [-0.25, -0.2) is 9.97 Å². The smallest absolute Gasteiger partial charge is 0.229 e. The summed E-state index contributed by atoms with van der Waals surface area (Å²) < 4.78 is 0. The summed E-state index contributed by atoms with van der Waals surface area (Å²) in [4.78, 5) is 26.3. The molecule has 2 aliphatic rings. The Morgan fingerprint density at radius 3 is 2.38 bits per heavy atom. The van der Waals surface area contributed by atoms with Gasteiger partial charge in [0.15, 0.2) is 0 Å². The zero-order valence-corrected chi connectivity index (χ0v) is 15.6. The van der Waals surface area contributed by atoms with Crippen LogP contribution in [0.1, 0.15) is 36.0 Å². The van der Waals surface area contributed by atoms with Gasteiger partial charge >= 0.3 is 0 Å². The summed E-state index contributed by atoms with van der Waals surface area (Å²) in [5, 5.41) is 0. The number of piperidine rings is 1. The molecule has 1 spiro atoms. The molecule has 5 heteroatoms. The number of hydrogen-bond donors (Lipinski definition) is 0. The molecule has 1 aromatic carbocycles. The number of anilines is 1. The number of likely N-dealkylation sites (tertiary alicyclic amines) is 1. The first kappa shape index (κ1) is 17.0. The SMILES string of the molecule is Cc1cnc(N2CCC3(CCN(Cc4cccc(C)c4)C3=O)CC2)nc1. The second kappa shape index (κ2) is 6.71. The molecule has 3 heterocycles. The molecule has 0 saturated carbocycles. The van der Waals surface area contributed by atoms with Crippen LogP contribution in [0.25, 0.3) is 0 Å². The molecule has 2 aromatic rings. The van der Waals surface area contributed by atoms with Crippen LogP contribution in [0, 0.1) is 19.3 Å². The molecule has 1 aromatic heterocycles. The van der Waals surface area contributed by atoms with Gasteiger partial charge < -0.3 is 9.80 Å². The van der Waals surface area contributed by atoms with Gasteiger partial charge in [0, 0.05) is 38.6 Å². The van der Waals surface area contributed by atoms with Crippen LogP contribution in [-0.4, -0.2) is 40.4 Å². The van der Waals surface area contributed by atoms with Crippen LogP contribution >= 0.6 is 0 Å². The Labute approximate surface area is 155 Å². The fourth-order valence-electron chi connectivity index (χ4n) is 4.22. The van der Waals surface area contributed by atoms with Crippen molar-refractivity contribution in [3.05, 3.63) is 53.3 Å². The summed E-state index contributed by atoms with van der Waals surface area (Å²) in [7, 11) is 0. The van der Waals surface area contributed by atoms with Crippen LogP contribution in [0.2, 0.25) is 0 Å². The van der Waals surface area contributed by atoms with Crippen molar-refractivity contribution < 1.29 is 4.79 Å². The molecular weight excluding hydrogens is 324 g/mol. The first-order valence-corrected chi connectivity index (χ1v) is 9.44. The predicted octanol–water partition coefficient (Wildman–Crippen LogP) is 3.11. The zero-order valence-electron chi connectivity index (χ0n) is 15.6. The van der Waals surface area contributed by atoms with Crippen molar-refractivity contribution in [1.82, 2.24) is 14.9 Å². The highest BCUT2D eigenvalue weighted by molar-refractivity contribution is 5.85.